The monoisotopic (exact) mass is 377 g/mol. The quantitative estimate of drug-likeness (QED) is 0.822. The number of halogens is 2. The van der Waals surface area contributed by atoms with Crippen molar-refractivity contribution in [1.29, 1.82) is 0 Å². The van der Waals surface area contributed by atoms with Crippen LogP contribution in [-0.2, 0) is 6.54 Å². The number of thioether (sulfide) groups is 1. The van der Waals surface area contributed by atoms with E-state index in [4.69, 9.17) is 0 Å². The van der Waals surface area contributed by atoms with Crippen LogP contribution in [0.5, 0.6) is 0 Å². The van der Waals surface area contributed by atoms with Crippen molar-refractivity contribution < 1.29 is 0 Å². The Balaban J connectivity index is 1.91. The Morgan fingerprint density at radius 1 is 1.29 bits per heavy atom. The average molecular weight is 379 g/mol. The largest absolute Gasteiger partial charge is 0.309 e. The molecule has 0 radical (unpaired) electrons. The van der Waals surface area contributed by atoms with Crippen LogP contribution in [0.25, 0.3) is 0 Å². The molecule has 4 heteroatoms. The van der Waals surface area contributed by atoms with E-state index in [0.717, 1.165) is 20.7 Å². The summed E-state index contributed by atoms with van der Waals surface area (Å²) in [6.45, 7) is 0.966. The van der Waals surface area contributed by atoms with Crippen molar-refractivity contribution in [2.45, 2.75) is 37.1 Å². The average Bonchev–Trinajstić information content (AvgIpc) is 2.78. The molecule has 0 amide bonds. The van der Waals surface area contributed by atoms with Crippen molar-refractivity contribution in [2.75, 3.05) is 6.26 Å². The van der Waals surface area contributed by atoms with Gasteiger partial charge in [0.2, 0.25) is 0 Å². The van der Waals surface area contributed by atoms with Crippen LogP contribution >= 0.6 is 43.6 Å². The summed E-state index contributed by atoms with van der Waals surface area (Å²) >= 11 is 9.05. The smallest absolute Gasteiger partial charge is 0.0320 e. The summed E-state index contributed by atoms with van der Waals surface area (Å²) < 4.78 is 2.24. The van der Waals surface area contributed by atoms with Crippen LogP contribution in [0, 0.1) is 0 Å². The molecular weight excluding hydrogens is 362 g/mol. The molecule has 2 unspecified atom stereocenters. The van der Waals surface area contributed by atoms with Crippen LogP contribution in [0.2, 0.25) is 0 Å². The second kappa shape index (κ2) is 6.60. The van der Waals surface area contributed by atoms with Gasteiger partial charge in [-0.05, 0) is 68.7 Å². The Morgan fingerprint density at radius 2 is 2.12 bits per heavy atom. The molecule has 2 atom stereocenters. The van der Waals surface area contributed by atoms with Gasteiger partial charge in [-0.2, -0.15) is 11.8 Å². The lowest BCUT2D eigenvalue weighted by Gasteiger charge is -2.19. The molecule has 94 valence electrons. The molecule has 1 aromatic carbocycles. The molecule has 1 aliphatic carbocycles. The fourth-order valence-corrected chi connectivity index (χ4v) is 3.98. The van der Waals surface area contributed by atoms with Crippen LogP contribution in [0.15, 0.2) is 27.1 Å². The van der Waals surface area contributed by atoms with Gasteiger partial charge in [-0.15, -0.1) is 0 Å². The SMILES string of the molecule is CSC1CCCC1NCc1ccc(Br)c(Br)c1. The molecule has 1 aromatic rings. The van der Waals surface area contributed by atoms with Crippen molar-refractivity contribution >= 4 is 43.6 Å². The minimum absolute atomic E-state index is 0.687. The Hall–Kier alpha value is 0.490. The minimum atomic E-state index is 0.687. The predicted molar refractivity (Wildman–Crippen MR) is 83.6 cm³/mol. The first-order valence-corrected chi connectivity index (χ1v) is 8.78. The van der Waals surface area contributed by atoms with Gasteiger partial charge in [0.1, 0.15) is 0 Å². The molecule has 0 bridgehead atoms. The summed E-state index contributed by atoms with van der Waals surface area (Å²) in [4.78, 5) is 0. The summed E-state index contributed by atoms with van der Waals surface area (Å²) in [5.41, 5.74) is 1.34. The molecule has 1 N–H and O–H groups in total. The van der Waals surface area contributed by atoms with Gasteiger partial charge in [-0.1, -0.05) is 12.5 Å². The second-order valence-electron chi connectivity index (χ2n) is 4.44. The first-order valence-electron chi connectivity index (χ1n) is 5.91. The highest BCUT2D eigenvalue weighted by atomic mass is 79.9. The number of hydrogen-bond donors (Lipinski definition) is 1. The van der Waals surface area contributed by atoms with E-state index in [9.17, 15) is 0 Å². The number of benzene rings is 1. The fraction of sp³-hybridized carbons (Fsp3) is 0.538. The van der Waals surface area contributed by atoms with Crippen LogP contribution < -0.4 is 5.32 Å². The van der Waals surface area contributed by atoms with E-state index < -0.39 is 0 Å². The Kier molecular flexibility index (Phi) is 5.40. The van der Waals surface area contributed by atoms with Gasteiger partial charge in [-0.3, -0.25) is 0 Å². The highest BCUT2D eigenvalue weighted by Gasteiger charge is 2.25. The standard InChI is InChI=1S/C13H17Br2NS/c1-17-13-4-2-3-12(13)16-8-9-5-6-10(14)11(15)7-9/h5-7,12-13,16H,2-4,8H2,1H3. The van der Waals surface area contributed by atoms with Crippen LogP contribution in [0.4, 0.5) is 0 Å². The molecule has 1 saturated carbocycles. The minimum Gasteiger partial charge on any atom is -0.309 e. The second-order valence-corrected chi connectivity index (χ2v) is 7.23. The maximum Gasteiger partial charge on any atom is 0.0320 e. The highest BCUT2D eigenvalue weighted by Crippen LogP contribution is 2.29. The predicted octanol–water partition coefficient (Wildman–Crippen LogP) is 4.59. The van der Waals surface area contributed by atoms with E-state index in [0.29, 0.717) is 6.04 Å². The van der Waals surface area contributed by atoms with Crippen LogP contribution in [0.1, 0.15) is 24.8 Å². The van der Waals surface area contributed by atoms with Crippen molar-refractivity contribution in [3.05, 3.63) is 32.7 Å². The van der Waals surface area contributed by atoms with E-state index in [2.05, 4.69) is 61.6 Å². The summed E-state index contributed by atoms with van der Waals surface area (Å²) in [5, 5.41) is 4.49. The van der Waals surface area contributed by atoms with Gasteiger partial charge in [0, 0.05) is 26.8 Å². The van der Waals surface area contributed by atoms with Crippen LogP contribution in [-0.4, -0.2) is 17.5 Å². The van der Waals surface area contributed by atoms with Gasteiger partial charge in [-0.25, -0.2) is 0 Å². The van der Waals surface area contributed by atoms with Gasteiger partial charge in [0.15, 0.2) is 0 Å². The zero-order valence-electron chi connectivity index (χ0n) is 9.88. The molecule has 1 fully saturated rings. The highest BCUT2D eigenvalue weighted by molar-refractivity contribution is 9.13. The molecule has 17 heavy (non-hydrogen) atoms. The topological polar surface area (TPSA) is 12.0 Å². The molecule has 0 spiro atoms. The lowest BCUT2D eigenvalue weighted by molar-refractivity contribution is 0.532. The summed E-state index contributed by atoms with van der Waals surface area (Å²) in [7, 11) is 0. The van der Waals surface area contributed by atoms with Crippen molar-refractivity contribution in [3.63, 3.8) is 0 Å². The number of nitrogens with one attached hydrogen (secondary N) is 1. The van der Waals surface area contributed by atoms with Gasteiger partial charge >= 0.3 is 0 Å². The normalized spacial score (nSPS) is 24.2. The van der Waals surface area contributed by atoms with Crippen molar-refractivity contribution in [3.8, 4) is 0 Å². The molecule has 0 heterocycles. The lowest BCUT2D eigenvalue weighted by Crippen LogP contribution is -2.33. The number of hydrogen-bond acceptors (Lipinski definition) is 2. The third-order valence-corrected chi connectivity index (χ3v) is 6.36. The van der Waals surface area contributed by atoms with Crippen molar-refractivity contribution in [2.24, 2.45) is 0 Å². The van der Waals surface area contributed by atoms with E-state index in [1.165, 1.54) is 24.8 Å². The van der Waals surface area contributed by atoms with E-state index >= 15 is 0 Å². The summed E-state index contributed by atoms with van der Waals surface area (Å²) in [6, 6.07) is 7.14. The first kappa shape index (κ1) is 13.9. The van der Waals surface area contributed by atoms with E-state index in [1.807, 2.05) is 11.8 Å². The zero-order valence-corrected chi connectivity index (χ0v) is 13.9. The fourth-order valence-electron chi connectivity index (χ4n) is 2.34. The van der Waals surface area contributed by atoms with Gasteiger partial charge in [0.05, 0.1) is 0 Å². The summed E-state index contributed by atoms with van der Waals surface area (Å²) in [6.07, 6.45) is 6.28. The first-order chi connectivity index (χ1) is 8.20. The molecular formula is C13H17Br2NS. The zero-order chi connectivity index (χ0) is 12.3. The maximum atomic E-state index is 3.69. The van der Waals surface area contributed by atoms with E-state index in [-0.39, 0.29) is 0 Å². The molecule has 0 aliphatic heterocycles. The third kappa shape index (κ3) is 3.72. The summed E-state index contributed by atoms with van der Waals surface area (Å²) in [5.74, 6) is 0. The van der Waals surface area contributed by atoms with E-state index in [1.54, 1.807) is 0 Å². The Labute approximate surface area is 124 Å². The molecule has 1 aliphatic rings. The molecule has 0 saturated heterocycles. The lowest BCUT2D eigenvalue weighted by atomic mass is 10.2. The molecule has 1 nitrogen and oxygen atoms in total. The number of rotatable bonds is 4. The van der Waals surface area contributed by atoms with Crippen molar-refractivity contribution in [1.82, 2.24) is 5.32 Å². The molecule has 0 aromatic heterocycles. The molecule has 2 rings (SSSR count). The Morgan fingerprint density at radius 3 is 2.82 bits per heavy atom. The van der Waals surface area contributed by atoms with Gasteiger partial charge < -0.3 is 5.32 Å². The maximum absolute atomic E-state index is 3.69. The third-order valence-electron chi connectivity index (χ3n) is 3.31. The van der Waals surface area contributed by atoms with Crippen LogP contribution in [0.3, 0.4) is 0 Å². The van der Waals surface area contributed by atoms with Gasteiger partial charge in [0.25, 0.3) is 0 Å². The Bertz CT molecular complexity index is 384.